The Hall–Kier alpha value is -0.450. The molecule has 0 aliphatic heterocycles. The number of halogens is 1. The summed E-state index contributed by atoms with van der Waals surface area (Å²) >= 11 is 2.23. The SMILES string of the molecule is CCOc1ccc(OC)cc1I. The maximum absolute atomic E-state index is 5.37. The first-order valence-corrected chi connectivity index (χ1v) is 4.82. The molecule has 0 radical (unpaired) electrons. The van der Waals surface area contributed by atoms with Crippen LogP contribution in [0.25, 0.3) is 0 Å². The zero-order chi connectivity index (χ0) is 8.97. The molecule has 0 amide bonds. The lowest BCUT2D eigenvalue weighted by atomic mass is 10.3. The minimum absolute atomic E-state index is 0.697. The van der Waals surface area contributed by atoms with E-state index >= 15 is 0 Å². The van der Waals surface area contributed by atoms with Crippen LogP contribution >= 0.6 is 22.6 Å². The fourth-order valence-electron chi connectivity index (χ4n) is 0.881. The summed E-state index contributed by atoms with van der Waals surface area (Å²) in [5.41, 5.74) is 0. The highest BCUT2D eigenvalue weighted by Crippen LogP contribution is 2.25. The minimum atomic E-state index is 0.697. The summed E-state index contributed by atoms with van der Waals surface area (Å²) in [7, 11) is 1.66. The summed E-state index contributed by atoms with van der Waals surface area (Å²) in [5, 5.41) is 0. The van der Waals surface area contributed by atoms with Gasteiger partial charge < -0.3 is 9.47 Å². The summed E-state index contributed by atoms with van der Waals surface area (Å²) in [6, 6.07) is 5.77. The van der Waals surface area contributed by atoms with Crippen LogP contribution in [-0.2, 0) is 0 Å². The van der Waals surface area contributed by atoms with Crippen LogP contribution in [0.3, 0.4) is 0 Å². The molecule has 1 aromatic carbocycles. The van der Waals surface area contributed by atoms with Crippen LogP contribution in [0.15, 0.2) is 18.2 Å². The van der Waals surface area contributed by atoms with Crippen LogP contribution in [0.2, 0.25) is 0 Å². The lowest BCUT2D eigenvalue weighted by Crippen LogP contribution is -1.94. The van der Waals surface area contributed by atoms with Crippen LogP contribution < -0.4 is 9.47 Å². The van der Waals surface area contributed by atoms with Crippen molar-refractivity contribution in [3.8, 4) is 11.5 Å². The summed E-state index contributed by atoms with van der Waals surface area (Å²) in [6.07, 6.45) is 0. The normalized spacial score (nSPS) is 9.58. The second-order valence-corrected chi connectivity index (χ2v) is 3.39. The van der Waals surface area contributed by atoms with Gasteiger partial charge in [0.1, 0.15) is 11.5 Å². The molecule has 0 saturated heterocycles. The molecule has 3 heteroatoms. The van der Waals surface area contributed by atoms with E-state index in [-0.39, 0.29) is 0 Å². The van der Waals surface area contributed by atoms with E-state index in [2.05, 4.69) is 22.6 Å². The first kappa shape index (κ1) is 9.64. The van der Waals surface area contributed by atoms with Crippen molar-refractivity contribution in [2.24, 2.45) is 0 Å². The molecule has 0 aromatic heterocycles. The molecule has 0 unspecified atom stereocenters. The number of methoxy groups -OCH3 is 1. The van der Waals surface area contributed by atoms with Crippen molar-refractivity contribution in [1.29, 1.82) is 0 Å². The van der Waals surface area contributed by atoms with E-state index in [0.29, 0.717) is 6.61 Å². The minimum Gasteiger partial charge on any atom is -0.497 e. The molecule has 0 saturated carbocycles. The second kappa shape index (κ2) is 4.54. The Morgan fingerprint density at radius 3 is 2.67 bits per heavy atom. The molecular weight excluding hydrogens is 267 g/mol. The lowest BCUT2D eigenvalue weighted by molar-refractivity contribution is 0.336. The van der Waals surface area contributed by atoms with Gasteiger partial charge in [-0.05, 0) is 47.7 Å². The van der Waals surface area contributed by atoms with Gasteiger partial charge in [0.15, 0.2) is 0 Å². The Bertz CT molecular complexity index is 261. The molecule has 0 bridgehead atoms. The summed E-state index contributed by atoms with van der Waals surface area (Å²) in [6.45, 7) is 2.67. The zero-order valence-corrected chi connectivity index (χ0v) is 9.29. The Balaban J connectivity index is 2.87. The molecule has 2 nitrogen and oxygen atoms in total. The van der Waals surface area contributed by atoms with Gasteiger partial charge in [-0.1, -0.05) is 0 Å². The van der Waals surface area contributed by atoms with Crippen LogP contribution in [0.1, 0.15) is 6.92 Å². The van der Waals surface area contributed by atoms with Gasteiger partial charge in [-0.3, -0.25) is 0 Å². The molecule has 1 rings (SSSR count). The van der Waals surface area contributed by atoms with Gasteiger partial charge in [0.05, 0.1) is 17.3 Å². The molecular formula is C9H11IO2. The monoisotopic (exact) mass is 278 g/mol. The van der Waals surface area contributed by atoms with E-state index in [1.165, 1.54) is 0 Å². The van der Waals surface area contributed by atoms with Crippen LogP contribution in [-0.4, -0.2) is 13.7 Å². The molecule has 12 heavy (non-hydrogen) atoms. The first-order chi connectivity index (χ1) is 5.77. The van der Waals surface area contributed by atoms with Crippen molar-refractivity contribution in [3.63, 3.8) is 0 Å². The summed E-state index contributed by atoms with van der Waals surface area (Å²) < 4.78 is 11.5. The Kier molecular flexibility index (Phi) is 3.65. The number of benzene rings is 1. The largest absolute Gasteiger partial charge is 0.497 e. The third-order valence-electron chi connectivity index (χ3n) is 1.44. The molecule has 1 aromatic rings. The van der Waals surface area contributed by atoms with Crippen molar-refractivity contribution in [3.05, 3.63) is 21.8 Å². The predicted molar refractivity (Wildman–Crippen MR) is 56.9 cm³/mol. The smallest absolute Gasteiger partial charge is 0.132 e. The Morgan fingerprint density at radius 2 is 2.17 bits per heavy atom. The molecule has 0 spiro atoms. The topological polar surface area (TPSA) is 18.5 Å². The highest BCUT2D eigenvalue weighted by Gasteiger charge is 2.00. The summed E-state index contributed by atoms with van der Waals surface area (Å²) in [4.78, 5) is 0. The van der Waals surface area contributed by atoms with Gasteiger partial charge in [0.2, 0.25) is 0 Å². The third kappa shape index (κ3) is 2.27. The van der Waals surface area contributed by atoms with E-state index in [1.54, 1.807) is 7.11 Å². The lowest BCUT2D eigenvalue weighted by Gasteiger charge is -2.06. The predicted octanol–water partition coefficient (Wildman–Crippen LogP) is 2.70. The Labute approximate surface area is 86.0 Å². The van der Waals surface area contributed by atoms with Crippen molar-refractivity contribution < 1.29 is 9.47 Å². The van der Waals surface area contributed by atoms with Crippen molar-refractivity contribution >= 4 is 22.6 Å². The van der Waals surface area contributed by atoms with E-state index in [0.717, 1.165) is 15.1 Å². The van der Waals surface area contributed by atoms with Gasteiger partial charge in [-0.2, -0.15) is 0 Å². The number of rotatable bonds is 3. The van der Waals surface area contributed by atoms with Crippen LogP contribution in [0, 0.1) is 3.57 Å². The molecule has 0 aliphatic rings. The quantitative estimate of drug-likeness (QED) is 0.791. The van der Waals surface area contributed by atoms with E-state index in [9.17, 15) is 0 Å². The Morgan fingerprint density at radius 1 is 1.42 bits per heavy atom. The van der Waals surface area contributed by atoms with Crippen molar-refractivity contribution in [1.82, 2.24) is 0 Å². The van der Waals surface area contributed by atoms with E-state index < -0.39 is 0 Å². The first-order valence-electron chi connectivity index (χ1n) is 3.74. The second-order valence-electron chi connectivity index (χ2n) is 2.23. The van der Waals surface area contributed by atoms with Crippen molar-refractivity contribution in [2.45, 2.75) is 6.92 Å². The number of hydrogen-bond acceptors (Lipinski definition) is 2. The summed E-state index contributed by atoms with van der Waals surface area (Å²) in [5.74, 6) is 1.78. The van der Waals surface area contributed by atoms with Crippen LogP contribution in [0.4, 0.5) is 0 Å². The average molecular weight is 278 g/mol. The molecule has 0 aliphatic carbocycles. The average Bonchev–Trinajstić information content (AvgIpc) is 2.09. The third-order valence-corrected chi connectivity index (χ3v) is 2.28. The van der Waals surface area contributed by atoms with Crippen LogP contribution in [0.5, 0.6) is 11.5 Å². The number of hydrogen-bond donors (Lipinski definition) is 0. The molecule has 0 atom stereocenters. The molecule has 0 fully saturated rings. The fraction of sp³-hybridized carbons (Fsp3) is 0.333. The fourth-order valence-corrected chi connectivity index (χ4v) is 1.52. The van der Waals surface area contributed by atoms with Gasteiger partial charge >= 0.3 is 0 Å². The van der Waals surface area contributed by atoms with Gasteiger partial charge in [-0.25, -0.2) is 0 Å². The van der Waals surface area contributed by atoms with E-state index in [1.807, 2.05) is 25.1 Å². The number of ether oxygens (including phenoxy) is 2. The molecule has 0 heterocycles. The molecule has 66 valence electrons. The van der Waals surface area contributed by atoms with Gasteiger partial charge in [0, 0.05) is 0 Å². The maximum Gasteiger partial charge on any atom is 0.132 e. The zero-order valence-electron chi connectivity index (χ0n) is 7.13. The highest BCUT2D eigenvalue weighted by atomic mass is 127. The van der Waals surface area contributed by atoms with Gasteiger partial charge in [-0.15, -0.1) is 0 Å². The highest BCUT2D eigenvalue weighted by molar-refractivity contribution is 14.1. The standard InChI is InChI=1S/C9H11IO2/c1-3-12-9-5-4-7(11-2)6-8(9)10/h4-6H,3H2,1-2H3. The molecule has 0 N–H and O–H groups in total. The van der Waals surface area contributed by atoms with Crippen molar-refractivity contribution in [2.75, 3.05) is 13.7 Å². The van der Waals surface area contributed by atoms with Gasteiger partial charge in [0.25, 0.3) is 0 Å². The maximum atomic E-state index is 5.37. The van der Waals surface area contributed by atoms with E-state index in [4.69, 9.17) is 9.47 Å².